The molecule has 4 aromatic rings. The van der Waals surface area contributed by atoms with Crippen molar-refractivity contribution in [2.45, 2.75) is 12.8 Å². The van der Waals surface area contributed by atoms with Gasteiger partial charge in [-0.2, -0.15) is 0 Å². The van der Waals surface area contributed by atoms with Crippen molar-refractivity contribution in [1.82, 2.24) is 4.98 Å². The molecule has 1 aromatic heterocycles. The molecule has 0 radical (unpaired) electrons. The number of carbonyl (C=O) groups is 1. The highest BCUT2D eigenvalue weighted by Crippen LogP contribution is 2.35. The number of fused-ring (bicyclic) bond motifs is 1. The number of nitrogens with one attached hydrogen (secondary N) is 1. The average Bonchev–Trinajstić information content (AvgIpc) is 3.50. The van der Waals surface area contributed by atoms with Crippen LogP contribution in [-0.4, -0.2) is 28.9 Å². The molecule has 1 aliphatic heterocycles. The van der Waals surface area contributed by atoms with Gasteiger partial charge in [-0.15, -0.1) is 11.3 Å². The number of halogens is 1. The number of nitro benzene ring substituents is 1. The number of nitro groups is 1. The van der Waals surface area contributed by atoms with E-state index in [0.717, 1.165) is 46.7 Å². The Bertz CT molecular complexity index is 1350. The molecule has 33 heavy (non-hydrogen) atoms. The molecule has 1 amide bonds. The number of anilines is 2. The molecular formula is C24H19ClN4O3S. The maximum Gasteiger partial charge on any atom is 0.293 e. The largest absolute Gasteiger partial charge is 0.366 e. The van der Waals surface area contributed by atoms with Gasteiger partial charge in [0.2, 0.25) is 0 Å². The quantitative estimate of drug-likeness (QED) is 0.265. The summed E-state index contributed by atoms with van der Waals surface area (Å²) in [6.45, 7) is 1.56. The van der Waals surface area contributed by atoms with Gasteiger partial charge in [0.15, 0.2) is 0 Å². The molecule has 2 heterocycles. The number of thiazole rings is 1. The molecule has 0 aliphatic carbocycles. The maximum atomic E-state index is 12.9. The van der Waals surface area contributed by atoms with E-state index < -0.39 is 10.8 Å². The summed E-state index contributed by atoms with van der Waals surface area (Å²) in [4.78, 5) is 30.8. The van der Waals surface area contributed by atoms with Crippen molar-refractivity contribution in [1.29, 1.82) is 0 Å². The maximum absolute atomic E-state index is 12.9. The molecule has 3 aromatic carbocycles. The summed E-state index contributed by atoms with van der Waals surface area (Å²) in [5.74, 6) is -0.463. The van der Waals surface area contributed by atoms with Crippen LogP contribution in [0.1, 0.15) is 23.2 Å². The van der Waals surface area contributed by atoms with Crippen molar-refractivity contribution < 1.29 is 9.72 Å². The van der Waals surface area contributed by atoms with Crippen LogP contribution in [0.4, 0.5) is 17.1 Å². The monoisotopic (exact) mass is 478 g/mol. The number of hydrogen-bond donors (Lipinski definition) is 1. The van der Waals surface area contributed by atoms with Crippen LogP contribution in [0.25, 0.3) is 20.8 Å². The number of amides is 1. The van der Waals surface area contributed by atoms with E-state index >= 15 is 0 Å². The molecule has 7 nitrogen and oxygen atoms in total. The molecule has 1 saturated heterocycles. The van der Waals surface area contributed by atoms with Crippen molar-refractivity contribution in [2.75, 3.05) is 23.3 Å². The smallest absolute Gasteiger partial charge is 0.293 e. The van der Waals surface area contributed by atoms with Gasteiger partial charge in [0.1, 0.15) is 10.7 Å². The van der Waals surface area contributed by atoms with Gasteiger partial charge in [0.25, 0.3) is 11.6 Å². The summed E-state index contributed by atoms with van der Waals surface area (Å²) in [5.41, 5.74) is 2.83. The van der Waals surface area contributed by atoms with E-state index in [0.29, 0.717) is 16.4 Å². The van der Waals surface area contributed by atoms with Gasteiger partial charge in [-0.1, -0.05) is 29.8 Å². The molecular weight excluding hydrogens is 460 g/mol. The second-order valence-corrected chi connectivity index (χ2v) is 9.23. The summed E-state index contributed by atoms with van der Waals surface area (Å²) < 4.78 is 1.07. The highest BCUT2D eigenvalue weighted by molar-refractivity contribution is 7.21. The first kappa shape index (κ1) is 21.4. The second-order valence-electron chi connectivity index (χ2n) is 7.79. The first-order valence-electron chi connectivity index (χ1n) is 10.5. The lowest BCUT2D eigenvalue weighted by atomic mass is 10.1. The van der Waals surface area contributed by atoms with Crippen molar-refractivity contribution in [3.05, 3.63) is 81.4 Å². The van der Waals surface area contributed by atoms with Crippen molar-refractivity contribution in [3.8, 4) is 10.6 Å². The summed E-state index contributed by atoms with van der Waals surface area (Å²) in [7, 11) is 0. The second kappa shape index (κ2) is 8.80. The van der Waals surface area contributed by atoms with E-state index in [1.165, 1.54) is 6.07 Å². The van der Waals surface area contributed by atoms with Crippen LogP contribution in [0.2, 0.25) is 5.02 Å². The Hall–Kier alpha value is -3.49. The van der Waals surface area contributed by atoms with Crippen molar-refractivity contribution in [2.24, 2.45) is 0 Å². The van der Waals surface area contributed by atoms with Crippen molar-refractivity contribution >= 4 is 56.1 Å². The van der Waals surface area contributed by atoms with Gasteiger partial charge >= 0.3 is 0 Å². The Morgan fingerprint density at radius 1 is 1.09 bits per heavy atom. The number of rotatable bonds is 5. The molecule has 0 unspecified atom stereocenters. The predicted octanol–water partition coefficient (Wildman–Crippen LogP) is 6.38. The lowest BCUT2D eigenvalue weighted by molar-refractivity contribution is -0.384. The molecule has 1 N–H and O–H groups in total. The zero-order valence-corrected chi connectivity index (χ0v) is 19.0. The number of aromatic nitrogens is 1. The van der Waals surface area contributed by atoms with Crippen LogP contribution in [0.15, 0.2) is 60.7 Å². The molecule has 5 rings (SSSR count). The van der Waals surface area contributed by atoms with Gasteiger partial charge in [-0.25, -0.2) is 4.98 Å². The zero-order chi connectivity index (χ0) is 22.9. The Labute approximate surface area is 198 Å². The highest BCUT2D eigenvalue weighted by Gasteiger charge is 2.24. The summed E-state index contributed by atoms with van der Waals surface area (Å²) in [6.07, 6.45) is 2.01. The first-order chi connectivity index (χ1) is 16.0. The topological polar surface area (TPSA) is 88.4 Å². The number of para-hydroxylation sites is 1. The fourth-order valence-corrected chi connectivity index (χ4v) is 5.11. The summed E-state index contributed by atoms with van der Waals surface area (Å²) in [6, 6.07) is 17.8. The van der Waals surface area contributed by atoms with E-state index in [4.69, 9.17) is 11.6 Å². The molecule has 0 saturated carbocycles. The van der Waals surface area contributed by atoms with Crippen LogP contribution in [0.3, 0.4) is 0 Å². The number of hydrogen-bond acceptors (Lipinski definition) is 6. The normalized spacial score (nSPS) is 13.4. The van der Waals surface area contributed by atoms with Crippen LogP contribution >= 0.6 is 22.9 Å². The molecule has 0 atom stereocenters. The number of carbonyl (C=O) groups excluding carboxylic acids is 1. The lowest BCUT2D eigenvalue weighted by Crippen LogP contribution is -2.20. The minimum absolute atomic E-state index is 0.0705. The molecule has 9 heteroatoms. The Morgan fingerprint density at radius 3 is 2.64 bits per heavy atom. The number of benzene rings is 3. The fraction of sp³-hybridized carbons (Fsp3) is 0.167. The summed E-state index contributed by atoms with van der Waals surface area (Å²) >= 11 is 7.89. The van der Waals surface area contributed by atoms with Crippen LogP contribution in [0, 0.1) is 10.1 Å². The van der Waals surface area contributed by atoms with E-state index in [2.05, 4.69) is 10.3 Å². The lowest BCUT2D eigenvalue weighted by Gasteiger charge is -2.18. The molecule has 0 spiro atoms. The minimum Gasteiger partial charge on any atom is -0.366 e. The Kier molecular flexibility index (Phi) is 5.70. The zero-order valence-electron chi connectivity index (χ0n) is 17.5. The SMILES string of the molecule is O=C(Nc1cc(-c2nc3ccccc3s2)ccc1Cl)c1ccc(N2CCCC2)c([N+](=O)[O-])c1. The third kappa shape index (κ3) is 4.27. The van der Waals surface area contributed by atoms with Gasteiger partial charge < -0.3 is 10.2 Å². The van der Waals surface area contributed by atoms with E-state index in [-0.39, 0.29) is 11.3 Å². The third-order valence-electron chi connectivity index (χ3n) is 5.64. The van der Waals surface area contributed by atoms with E-state index in [9.17, 15) is 14.9 Å². The molecule has 0 bridgehead atoms. The Morgan fingerprint density at radius 2 is 1.88 bits per heavy atom. The van der Waals surface area contributed by atoms with Crippen LogP contribution in [-0.2, 0) is 0 Å². The fourth-order valence-electron chi connectivity index (χ4n) is 3.98. The average molecular weight is 479 g/mol. The van der Waals surface area contributed by atoms with Crippen LogP contribution in [0.5, 0.6) is 0 Å². The van der Waals surface area contributed by atoms with Crippen LogP contribution < -0.4 is 10.2 Å². The molecule has 1 aliphatic rings. The van der Waals surface area contributed by atoms with E-state index in [1.807, 2.05) is 35.2 Å². The number of nitrogens with zero attached hydrogens (tertiary/aromatic N) is 3. The molecule has 166 valence electrons. The predicted molar refractivity (Wildman–Crippen MR) is 133 cm³/mol. The standard InChI is InChI=1S/C24H19ClN4O3S/c25-17-9-7-16(24-27-18-5-1-2-6-22(18)33-24)13-19(17)26-23(30)15-8-10-20(21(14-15)29(31)32)28-11-3-4-12-28/h1-2,5-10,13-14H,3-4,11-12H2,(H,26,30). The van der Waals surface area contributed by atoms with Gasteiger partial charge in [-0.05, 0) is 49.2 Å². The van der Waals surface area contributed by atoms with Gasteiger partial charge in [0, 0.05) is 30.3 Å². The molecule has 1 fully saturated rings. The van der Waals surface area contributed by atoms with Gasteiger partial charge in [0.05, 0.1) is 25.8 Å². The summed E-state index contributed by atoms with van der Waals surface area (Å²) in [5, 5.41) is 15.6. The first-order valence-corrected chi connectivity index (χ1v) is 11.7. The third-order valence-corrected chi connectivity index (χ3v) is 7.05. The van der Waals surface area contributed by atoms with Gasteiger partial charge in [-0.3, -0.25) is 14.9 Å². The minimum atomic E-state index is -0.463. The highest BCUT2D eigenvalue weighted by atomic mass is 35.5. The van der Waals surface area contributed by atoms with Crippen molar-refractivity contribution in [3.63, 3.8) is 0 Å². The Balaban J connectivity index is 1.43. The van der Waals surface area contributed by atoms with E-state index in [1.54, 1.807) is 35.6 Å².